The second-order valence-corrected chi connectivity index (χ2v) is 3.51. The Bertz CT molecular complexity index is 310. The number of phenolic OH excluding ortho intramolecular Hbond substituents is 1. The van der Waals surface area contributed by atoms with Gasteiger partial charge in [-0.2, -0.15) is 0 Å². The topological polar surface area (TPSA) is 37.3 Å². The third kappa shape index (κ3) is 2.31. The molecule has 1 unspecified atom stereocenters. The van der Waals surface area contributed by atoms with Crippen LogP contribution in [0.3, 0.4) is 0 Å². The van der Waals surface area contributed by atoms with E-state index in [2.05, 4.69) is 15.9 Å². The van der Waals surface area contributed by atoms with E-state index in [1.807, 2.05) is 6.07 Å². The number of carbonyl (C=O) groups excluding carboxylic acids is 1. The summed E-state index contributed by atoms with van der Waals surface area (Å²) < 4.78 is 0. The maximum absolute atomic E-state index is 10.5. The molecular formula is C10H11BrO2. The Morgan fingerprint density at radius 3 is 2.77 bits per heavy atom. The van der Waals surface area contributed by atoms with Gasteiger partial charge in [0, 0.05) is 16.8 Å². The van der Waals surface area contributed by atoms with E-state index in [-0.39, 0.29) is 11.7 Å². The van der Waals surface area contributed by atoms with Gasteiger partial charge in [0.2, 0.25) is 0 Å². The number of hydrogen-bond acceptors (Lipinski definition) is 2. The zero-order chi connectivity index (χ0) is 9.84. The molecule has 13 heavy (non-hydrogen) atoms. The minimum Gasteiger partial charge on any atom is -0.508 e. The van der Waals surface area contributed by atoms with Gasteiger partial charge in [0.25, 0.3) is 0 Å². The average molecular weight is 243 g/mol. The van der Waals surface area contributed by atoms with Gasteiger partial charge in [-0.3, -0.25) is 0 Å². The smallest absolute Gasteiger partial charge is 0.127 e. The molecule has 1 aromatic rings. The summed E-state index contributed by atoms with van der Waals surface area (Å²) in [4.78, 5) is 10.5. The largest absolute Gasteiger partial charge is 0.508 e. The fourth-order valence-corrected chi connectivity index (χ4v) is 1.48. The molecule has 0 spiro atoms. The highest BCUT2D eigenvalue weighted by atomic mass is 79.9. The Morgan fingerprint density at radius 2 is 2.31 bits per heavy atom. The van der Waals surface area contributed by atoms with Gasteiger partial charge >= 0.3 is 0 Å². The maximum atomic E-state index is 10.5. The second-order valence-electron chi connectivity index (χ2n) is 2.95. The van der Waals surface area contributed by atoms with E-state index in [1.54, 1.807) is 19.1 Å². The van der Waals surface area contributed by atoms with Crippen molar-refractivity contribution in [1.82, 2.24) is 0 Å². The van der Waals surface area contributed by atoms with Crippen LogP contribution in [0.25, 0.3) is 0 Å². The molecule has 1 N–H and O–H groups in total. The lowest BCUT2D eigenvalue weighted by Gasteiger charge is -2.07. The number of rotatable bonds is 3. The first-order chi connectivity index (χ1) is 6.19. The first-order valence-electron chi connectivity index (χ1n) is 4.02. The van der Waals surface area contributed by atoms with Crippen molar-refractivity contribution < 1.29 is 9.90 Å². The van der Waals surface area contributed by atoms with Crippen molar-refractivity contribution in [2.24, 2.45) is 0 Å². The van der Waals surface area contributed by atoms with Crippen molar-refractivity contribution in [2.45, 2.75) is 18.2 Å². The molecule has 2 nitrogen and oxygen atoms in total. The van der Waals surface area contributed by atoms with Crippen molar-refractivity contribution in [3.05, 3.63) is 29.3 Å². The summed E-state index contributed by atoms with van der Waals surface area (Å²) in [6.45, 7) is 1.76. The minimum atomic E-state index is -0.246. The molecule has 0 saturated carbocycles. The van der Waals surface area contributed by atoms with Crippen molar-refractivity contribution in [1.29, 1.82) is 0 Å². The predicted octanol–water partition coefficient (Wildman–Crippen LogP) is 2.59. The first kappa shape index (κ1) is 10.3. The Labute approximate surface area is 85.7 Å². The Morgan fingerprint density at radius 1 is 1.62 bits per heavy atom. The highest BCUT2D eigenvalue weighted by molar-refractivity contribution is 9.08. The number of phenols is 1. The van der Waals surface area contributed by atoms with Crippen molar-refractivity contribution in [2.75, 3.05) is 0 Å². The molecule has 1 aromatic carbocycles. The van der Waals surface area contributed by atoms with Crippen LogP contribution >= 0.6 is 15.9 Å². The van der Waals surface area contributed by atoms with E-state index in [0.717, 1.165) is 11.8 Å². The summed E-state index contributed by atoms with van der Waals surface area (Å²) in [7, 11) is 0. The van der Waals surface area contributed by atoms with Crippen molar-refractivity contribution >= 4 is 22.2 Å². The molecule has 0 aliphatic rings. The molecule has 70 valence electrons. The molecule has 0 saturated heterocycles. The van der Waals surface area contributed by atoms with Crippen LogP contribution < -0.4 is 0 Å². The van der Waals surface area contributed by atoms with Gasteiger partial charge in [-0.25, -0.2) is 0 Å². The summed E-state index contributed by atoms with van der Waals surface area (Å²) in [5, 5.41) is 10.2. The fraction of sp³-hybridized carbons (Fsp3) is 0.300. The lowest BCUT2D eigenvalue weighted by Crippen LogP contribution is -1.95. The fourth-order valence-electron chi connectivity index (χ4n) is 1.13. The predicted molar refractivity (Wildman–Crippen MR) is 55.2 cm³/mol. The van der Waals surface area contributed by atoms with E-state index in [9.17, 15) is 9.90 Å². The lowest BCUT2D eigenvalue weighted by atomic mass is 10.0. The number of alkyl halides is 1. The van der Waals surface area contributed by atoms with Crippen molar-refractivity contribution in [3.63, 3.8) is 0 Å². The van der Waals surface area contributed by atoms with Gasteiger partial charge < -0.3 is 9.90 Å². The van der Waals surface area contributed by atoms with Crippen LogP contribution in [0, 0.1) is 0 Å². The molecule has 1 atom stereocenters. The summed E-state index contributed by atoms with van der Waals surface area (Å²) in [5.41, 5.74) is 1.68. The Kier molecular flexibility index (Phi) is 3.48. The number of carbonyl (C=O) groups is 1. The van der Waals surface area contributed by atoms with Gasteiger partial charge in [0.05, 0.1) is 0 Å². The summed E-state index contributed by atoms with van der Waals surface area (Å²) in [5.74, 6) is -0.0547. The highest BCUT2D eigenvalue weighted by Gasteiger charge is 2.08. The van der Waals surface area contributed by atoms with Crippen LogP contribution in [-0.4, -0.2) is 11.4 Å². The summed E-state index contributed by atoms with van der Waals surface area (Å²) in [6.07, 6.45) is 0.822. The molecule has 0 fully saturated rings. The zero-order valence-electron chi connectivity index (χ0n) is 7.33. The van der Waals surface area contributed by atoms with Crippen LogP contribution in [0.4, 0.5) is 0 Å². The van der Waals surface area contributed by atoms with E-state index >= 15 is 0 Å². The van der Waals surface area contributed by atoms with Crippen LogP contribution in [0.5, 0.6) is 5.75 Å². The number of hydrogen-bond donors (Lipinski definition) is 1. The SMILES string of the molecule is CC(C=O)c1ccc(CBr)cc1O. The molecule has 0 radical (unpaired) electrons. The molecule has 0 aliphatic carbocycles. The molecule has 3 heteroatoms. The molecule has 0 aliphatic heterocycles. The van der Waals surface area contributed by atoms with Gasteiger partial charge in [0.1, 0.15) is 12.0 Å². The van der Waals surface area contributed by atoms with Gasteiger partial charge in [-0.15, -0.1) is 0 Å². The van der Waals surface area contributed by atoms with E-state index in [4.69, 9.17) is 0 Å². The number of halogens is 1. The Hall–Kier alpha value is -0.830. The van der Waals surface area contributed by atoms with Crippen molar-refractivity contribution in [3.8, 4) is 5.75 Å². The van der Waals surface area contributed by atoms with E-state index in [1.165, 1.54) is 0 Å². The monoisotopic (exact) mass is 242 g/mol. The molecule has 0 bridgehead atoms. The van der Waals surface area contributed by atoms with Crippen LogP contribution in [0.1, 0.15) is 24.0 Å². The van der Waals surface area contributed by atoms with E-state index < -0.39 is 0 Å². The summed E-state index contributed by atoms with van der Waals surface area (Å²) in [6, 6.07) is 5.35. The van der Waals surface area contributed by atoms with Crippen LogP contribution in [0.15, 0.2) is 18.2 Å². The highest BCUT2D eigenvalue weighted by Crippen LogP contribution is 2.26. The standard InChI is InChI=1S/C10H11BrO2/c1-7(6-12)9-3-2-8(5-11)4-10(9)13/h2-4,6-7,13H,5H2,1H3. The Balaban J connectivity index is 3.04. The third-order valence-corrected chi connectivity index (χ3v) is 2.59. The minimum absolute atomic E-state index is 0.191. The maximum Gasteiger partial charge on any atom is 0.127 e. The number of aromatic hydroxyl groups is 1. The molecule has 0 aromatic heterocycles. The van der Waals surface area contributed by atoms with Gasteiger partial charge in [-0.1, -0.05) is 35.0 Å². The number of aldehydes is 1. The second kappa shape index (κ2) is 4.42. The lowest BCUT2D eigenvalue weighted by molar-refractivity contribution is -0.108. The van der Waals surface area contributed by atoms with Gasteiger partial charge in [0.15, 0.2) is 0 Å². The quantitative estimate of drug-likeness (QED) is 0.654. The molecule has 1 rings (SSSR count). The average Bonchev–Trinajstić information content (AvgIpc) is 2.16. The van der Waals surface area contributed by atoms with Gasteiger partial charge in [-0.05, 0) is 11.6 Å². The third-order valence-electron chi connectivity index (χ3n) is 1.94. The van der Waals surface area contributed by atoms with Crippen LogP contribution in [0.2, 0.25) is 0 Å². The normalized spacial score (nSPS) is 12.5. The molecule has 0 heterocycles. The first-order valence-corrected chi connectivity index (χ1v) is 5.14. The van der Waals surface area contributed by atoms with E-state index in [0.29, 0.717) is 10.9 Å². The number of benzene rings is 1. The summed E-state index contributed by atoms with van der Waals surface area (Å²) >= 11 is 3.29. The molecule has 0 amide bonds. The van der Waals surface area contributed by atoms with Crippen LogP contribution in [-0.2, 0) is 10.1 Å². The zero-order valence-corrected chi connectivity index (χ0v) is 8.91. The molecular weight excluding hydrogens is 232 g/mol.